The number of ether oxygens (including phenoxy) is 1. The predicted molar refractivity (Wildman–Crippen MR) is 76.9 cm³/mol. The predicted octanol–water partition coefficient (Wildman–Crippen LogP) is 4.73. The Kier molecular flexibility index (Phi) is 4.34. The van der Waals surface area contributed by atoms with E-state index >= 15 is 0 Å². The molecule has 0 unspecified atom stereocenters. The first kappa shape index (κ1) is 14.5. The minimum atomic E-state index is -0.558. The number of hydrogen-bond acceptors (Lipinski definition) is 3. The second kappa shape index (κ2) is 6.00. The molecule has 0 aliphatic heterocycles. The molecule has 2 aromatic carbocycles. The van der Waals surface area contributed by atoms with Crippen molar-refractivity contribution < 1.29 is 14.1 Å². The van der Waals surface area contributed by atoms with Crippen LogP contribution in [0, 0.1) is 22.9 Å². The first-order valence-corrected chi connectivity index (χ1v) is 6.91. The van der Waals surface area contributed by atoms with Crippen molar-refractivity contribution in [1.82, 2.24) is 0 Å². The van der Waals surface area contributed by atoms with Crippen molar-refractivity contribution in [3.05, 3.63) is 63.5 Å². The minimum Gasteiger partial charge on any atom is -0.447 e. The van der Waals surface area contributed by atoms with E-state index in [1.807, 2.05) is 0 Å². The number of benzene rings is 2. The van der Waals surface area contributed by atoms with Crippen LogP contribution in [0.5, 0.6) is 11.5 Å². The lowest BCUT2D eigenvalue weighted by Gasteiger charge is -2.11. The summed E-state index contributed by atoms with van der Waals surface area (Å²) in [6, 6.07) is 8.97. The first-order valence-electron chi connectivity index (χ1n) is 5.79. The zero-order valence-electron chi connectivity index (χ0n) is 10.6. The molecule has 0 aliphatic rings. The fourth-order valence-electron chi connectivity index (χ4n) is 1.74. The Balaban J connectivity index is 2.50. The second-order valence-electron chi connectivity index (χ2n) is 4.19. The summed E-state index contributed by atoms with van der Waals surface area (Å²) in [5, 5.41) is 11.4. The highest BCUT2D eigenvalue weighted by molar-refractivity contribution is 9.08. The van der Waals surface area contributed by atoms with Crippen LogP contribution in [0.2, 0.25) is 0 Å². The number of nitrogens with zero attached hydrogens (tertiary/aromatic N) is 1. The van der Waals surface area contributed by atoms with E-state index in [1.165, 1.54) is 18.2 Å². The normalized spacial score (nSPS) is 10.3. The molecule has 104 valence electrons. The van der Waals surface area contributed by atoms with Gasteiger partial charge in [0.2, 0.25) is 5.75 Å². The quantitative estimate of drug-likeness (QED) is 0.459. The van der Waals surface area contributed by atoms with Gasteiger partial charge in [0.15, 0.2) is 11.6 Å². The Morgan fingerprint density at radius 3 is 2.75 bits per heavy atom. The number of halogens is 2. The second-order valence-corrected chi connectivity index (χ2v) is 4.75. The maximum atomic E-state index is 13.8. The molecule has 20 heavy (non-hydrogen) atoms. The number of alkyl halides is 1. The van der Waals surface area contributed by atoms with E-state index in [2.05, 4.69) is 15.9 Å². The maximum absolute atomic E-state index is 13.8. The van der Waals surface area contributed by atoms with Gasteiger partial charge in [0.25, 0.3) is 0 Å². The van der Waals surface area contributed by atoms with E-state index in [1.54, 1.807) is 25.1 Å². The van der Waals surface area contributed by atoms with E-state index in [4.69, 9.17) is 4.74 Å². The van der Waals surface area contributed by atoms with Crippen molar-refractivity contribution in [2.24, 2.45) is 0 Å². The van der Waals surface area contributed by atoms with Gasteiger partial charge in [-0.05, 0) is 24.6 Å². The van der Waals surface area contributed by atoms with Crippen LogP contribution in [0.3, 0.4) is 0 Å². The standard InChI is InChI=1S/C14H11BrFNO3/c1-9-5-6-12(17(18)19)13(7-9)20-14-10(8-15)3-2-4-11(14)16/h2-7H,8H2,1H3. The molecule has 0 saturated carbocycles. The number of nitro benzene ring substituents is 1. The monoisotopic (exact) mass is 339 g/mol. The molecule has 0 fully saturated rings. The van der Waals surface area contributed by atoms with E-state index < -0.39 is 10.7 Å². The Labute approximate surface area is 123 Å². The molecule has 0 atom stereocenters. The molecule has 0 amide bonds. The molecule has 2 rings (SSSR count). The summed E-state index contributed by atoms with van der Waals surface area (Å²) < 4.78 is 19.3. The number of rotatable bonds is 4. The van der Waals surface area contributed by atoms with E-state index in [0.29, 0.717) is 10.9 Å². The minimum absolute atomic E-state index is 0.00178. The largest absolute Gasteiger partial charge is 0.447 e. The fraction of sp³-hybridized carbons (Fsp3) is 0.143. The molecule has 0 aromatic heterocycles. The van der Waals surface area contributed by atoms with Crippen LogP contribution in [0.15, 0.2) is 36.4 Å². The van der Waals surface area contributed by atoms with Gasteiger partial charge in [-0.3, -0.25) is 10.1 Å². The van der Waals surface area contributed by atoms with E-state index in [-0.39, 0.29) is 17.2 Å². The van der Waals surface area contributed by atoms with Crippen LogP contribution in [0.4, 0.5) is 10.1 Å². The molecule has 0 bridgehead atoms. The number of aryl methyl sites for hydroxylation is 1. The molecule has 6 heteroatoms. The lowest BCUT2D eigenvalue weighted by atomic mass is 10.2. The van der Waals surface area contributed by atoms with Crippen LogP contribution in [0.25, 0.3) is 0 Å². The van der Waals surface area contributed by atoms with Crippen molar-refractivity contribution in [3.63, 3.8) is 0 Å². The molecular formula is C14H11BrFNO3. The molecule has 0 heterocycles. The van der Waals surface area contributed by atoms with Crippen molar-refractivity contribution in [2.45, 2.75) is 12.3 Å². The molecule has 2 aromatic rings. The summed E-state index contributed by atoms with van der Waals surface area (Å²) >= 11 is 3.24. The third-order valence-corrected chi connectivity index (χ3v) is 3.32. The first-order chi connectivity index (χ1) is 9.52. The molecule has 0 aliphatic carbocycles. The van der Waals surface area contributed by atoms with Gasteiger partial charge in [-0.1, -0.05) is 34.1 Å². The van der Waals surface area contributed by atoms with Gasteiger partial charge >= 0.3 is 5.69 Å². The average Bonchev–Trinajstić information content (AvgIpc) is 2.40. The maximum Gasteiger partial charge on any atom is 0.311 e. The van der Waals surface area contributed by atoms with Crippen LogP contribution >= 0.6 is 15.9 Å². The van der Waals surface area contributed by atoms with Crippen molar-refractivity contribution in [3.8, 4) is 11.5 Å². The van der Waals surface area contributed by atoms with Gasteiger partial charge in [0.05, 0.1) is 4.92 Å². The zero-order valence-corrected chi connectivity index (χ0v) is 12.2. The Hall–Kier alpha value is -1.95. The van der Waals surface area contributed by atoms with Crippen molar-refractivity contribution in [1.29, 1.82) is 0 Å². The summed E-state index contributed by atoms with van der Waals surface area (Å²) in [5.74, 6) is -0.530. The van der Waals surface area contributed by atoms with Gasteiger partial charge in [-0.2, -0.15) is 0 Å². The molecule has 0 N–H and O–H groups in total. The van der Waals surface area contributed by atoms with Gasteiger partial charge in [-0.25, -0.2) is 4.39 Å². The van der Waals surface area contributed by atoms with Crippen LogP contribution < -0.4 is 4.74 Å². The third-order valence-electron chi connectivity index (χ3n) is 2.72. The summed E-state index contributed by atoms with van der Waals surface area (Å²) in [4.78, 5) is 10.4. The molecule has 4 nitrogen and oxygen atoms in total. The SMILES string of the molecule is Cc1ccc([N+](=O)[O-])c(Oc2c(F)cccc2CBr)c1. The smallest absolute Gasteiger partial charge is 0.311 e. The lowest BCUT2D eigenvalue weighted by Crippen LogP contribution is -1.97. The molecule has 0 spiro atoms. The Morgan fingerprint density at radius 1 is 1.35 bits per heavy atom. The van der Waals surface area contributed by atoms with Crippen LogP contribution in [-0.4, -0.2) is 4.92 Å². The number of hydrogen-bond donors (Lipinski definition) is 0. The number of para-hydroxylation sites is 1. The Bertz CT molecular complexity index is 661. The topological polar surface area (TPSA) is 52.4 Å². The zero-order chi connectivity index (χ0) is 14.7. The van der Waals surface area contributed by atoms with Crippen molar-refractivity contribution >= 4 is 21.6 Å². The molecule has 0 saturated heterocycles. The molecule has 0 radical (unpaired) electrons. The van der Waals surface area contributed by atoms with Gasteiger partial charge in [-0.15, -0.1) is 0 Å². The van der Waals surface area contributed by atoms with Gasteiger partial charge in [0, 0.05) is 17.0 Å². The van der Waals surface area contributed by atoms with Crippen molar-refractivity contribution in [2.75, 3.05) is 0 Å². The summed E-state index contributed by atoms with van der Waals surface area (Å²) in [6.45, 7) is 1.78. The van der Waals surface area contributed by atoms with Crippen LogP contribution in [-0.2, 0) is 5.33 Å². The highest BCUT2D eigenvalue weighted by atomic mass is 79.9. The van der Waals surface area contributed by atoms with Gasteiger partial charge < -0.3 is 4.74 Å². The summed E-state index contributed by atoms with van der Waals surface area (Å²) in [7, 11) is 0. The number of nitro groups is 1. The van der Waals surface area contributed by atoms with Crippen LogP contribution in [0.1, 0.15) is 11.1 Å². The lowest BCUT2D eigenvalue weighted by molar-refractivity contribution is -0.385. The summed E-state index contributed by atoms with van der Waals surface area (Å²) in [6.07, 6.45) is 0. The van der Waals surface area contributed by atoms with Gasteiger partial charge in [0.1, 0.15) is 0 Å². The highest BCUT2D eigenvalue weighted by Gasteiger charge is 2.18. The third kappa shape index (κ3) is 2.96. The van der Waals surface area contributed by atoms with E-state index in [0.717, 1.165) is 5.56 Å². The van der Waals surface area contributed by atoms with E-state index in [9.17, 15) is 14.5 Å². The highest BCUT2D eigenvalue weighted by Crippen LogP contribution is 2.35. The Morgan fingerprint density at radius 2 is 2.10 bits per heavy atom. The molecular weight excluding hydrogens is 329 g/mol. The summed E-state index contributed by atoms with van der Waals surface area (Å²) in [5.41, 5.74) is 1.18. The fourth-order valence-corrected chi connectivity index (χ4v) is 2.18. The average molecular weight is 340 g/mol.